The van der Waals surface area contributed by atoms with Gasteiger partial charge >= 0.3 is 5.91 Å². The summed E-state index contributed by atoms with van der Waals surface area (Å²) in [4.78, 5) is 32.3. The number of halogens is 1. The molecule has 1 amide bonds. The normalized spacial score (nSPS) is 17.3. The number of anilines is 1. The average Bonchev–Trinajstić information content (AvgIpc) is 3.37. The molecule has 35 heavy (non-hydrogen) atoms. The minimum absolute atomic E-state index is 0.0338. The average molecular weight is 489 g/mol. The van der Waals surface area contributed by atoms with E-state index in [2.05, 4.69) is 4.98 Å². The molecule has 4 aromatic rings. The van der Waals surface area contributed by atoms with E-state index in [1.54, 1.807) is 24.3 Å². The zero-order chi connectivity index (χ0) is 24.7. The lowest BCUT2D eigenvalue weighted by atomic mass is 9.95. The Labute approximate surface area is 204 Å². The fourth-order valence-electron chi connectivity index (χ4n) is 4.11. The Bertz CT molecular complexity index is 1480. The van der Waals surface area contributed by atoms with Crippen LogP contribution in [0.4, 0.5) is 9.52 Å². The number of ether oxygens (including phenoxy) is 1. The van der Waals surface area contributed by atoms with Gasteiger partial charge in [0.15, 0.2) is 5.13 Å². The molecule has 1 aliphatic rings. The summed E-state index contributed by atoms with van der Waals surface area (Å²) in [6.45, 7) is 4.30. The summed E-state index contributed by atoms with van der Waals surface area (Å²) in [5.74, 6) is -1.69. The van der Waals surface area contributed by atoms with Gasteiger partial charge in [-0.15, -0.1) is 0 Å². The van der Waals surface area contributed by atoms with Crippen LogP contribution >= 0.6 is 11.3 Å². The molecule has 0 radical (unpaired) electrons. The number of benzene rings is 3. The Morgan fingerprint density at radius 3 is 2.49 bits per heavy atom. The summed E-state index contributed by atoms with van der Waals surface area (Å²) in [5, 5.41) is 11.5. The van der Waals surface area contributed by atoms with Crippen LogP contribution in [0.25, 0.3) is 16.0 Å². The van der Waals surface area contributed by atoms with Gasteiger partial charge in [0.2, 0.25) is 0 Å². The Hall–Kier alpha value is -4.04. The lowest BCUT2D eigenvalue weighted by Crippen LogP contribution is -2.29. The first-order chi connectivity index (χ1) is 16.9. The molecule has 0 bridgehead atoms. The number of amides is 1. The lowest BCUT2D eigenvalue weighted by Gasteiger charge is -2.23. The quantitative estimate of drug-likeness (QED) is 0.219. The number of hydrogen-bond acceptors (Lipinski definition) is 6. The molecule has 2 heterocycles. The number of aromatic nitrogens is 1. The number of ketones is 1. The number of carbonyl (C=O) groups excluding carboxylic acids is 2. The largest absolute Gasteiger partial charge is 0.507 e. The van der Waals surface area contributed by atoms with Gasteiger partial charge in [-0.1, -0.05) is 41.2 Å². The van der Waals surface area contributed by atoms with Crippen molar-refractivity contribution >= 4 is 44.1 Å². The fourth-order valence-corrected chi connectivity index (χ4v) is 5.13. The molecule has 3 aromatic carbocycles. The third kappa shape index (κ3) is 4.06. The number of rotatable bonds is 5. The second-order valence-electron chi connectivity index (χ2n) is 8.15. The SMILES string of the molecule is CCOc1ccc(/C(O)=C2\C(=O)C(=O)N(c3nc4ccc(F)cc4s3)C2c2ccc(C)cc2)cc1. The molecule has 8 heteroatoms. The van der Waals surface area contributed by atoms with Gasteiger partial charge in [-0.2, -0.15) is 0 Å². The van der Waals surface area contributed by atoms with Crippen LogP contribution in [0.3, 0.4) is 0 Å². The minimum atomic E-state index is -0.896. The molecular formula is C27H21FN2O4S. The van der Waals surface area contributed by atoms with Crippen LogP contribution in [0.2, 0.25) is 0 Å². The molecule has 1 aromatic heterocycles. The summed E-state index contributed by atoms with van der Waals surface area (Å²) in [6.07, 6.45) is 0. The van der Waals surface area contributed by atoms with E-state index in [-0.39, 0.29) is 16.5 Å². The second-order valence-corrected chi connectivity index (χ2v) is 9.15. The predicted molar refractivity (Wildman–Crippen MR) is 133 cm³/mol. The van der Waals surface area contributed by atoms with Gasteiger partial charge in [0, 0.05) is 5.56 Å². The van der Waals surface area contributed by atoms with E-state index in [9.17, 15) is 19.1 Å². The van der Waals surface area contributed by atoms with Gasteiger partial charge in [0.25, 0.3) is 5.78 Å². The standard InChI is InChI=1S/C27H21FN2O4S/c1-3-34-19-11-8-17(9-12-19)24(31)22-23(16-6-4-15(2)5-7-16)30(26(33)25(22)32)27-29-20-13-10-18(28)14-21(20)35-27/h4-14,23,31H,3H2,1-2H3/b24-22+. The first kappa shape index (κ1) is 22.7. The Morgan fingerprint density at radius 1 is 1.09 bits per heavy atom. The molecule has 1 atom stereocenters. The highest BCUT2D eigenvalue weighted by Crippen LogP contribution is 2.44. The van der Waals surface area contributed by atoms with Crippen LogP contribution in [-0.2, 0) is 9.59 Å². The van der Waals surface area contributed by atoms with Gasteiger partial charge in [-0.3, -0.25) is 14.5 Å². The molecule has 1 saturated heterocycles. The maximum Gasteiger partial charge on any atom is 0.301 e. The zero-order valence-corrected chi connectivity index (χ0v) is 19.8. The number of thiazole rings is 1. The van der Waals surface area contributed by atoms with Crippen LogP contribution in [0.15, 0.2) is 72.3 Å². The van der Waals surface area contributed by atoms with E-state index < -0.39 is 23.5 Å². The summed E-state index contributed by atoms with van der Waals surface area (Å²) >= 11 is 1.11. The summed E-state index contributed by atoms with van der Waals surface area (Å²) in [7, 11) is 0. The number of carbonyl (C=O) groups is 2. The molecule has 1 unspecified atom stereocenters. The van der Waals surface area contributed by atoms with Crippen molar-refractivity contribution in [1.29, 1.82) is 0 Å². The highest BCUT2D eigenvalue weighted by Gasteiger charge is 2.48. The maximum atomic E-state index is 13.8. The van der Waals surface area contributed by atoms with Crippen molar-refractivity contribution in [3.8, 4) is 5.75 Å². The monoisotopic (exact) mass is 488 g/mol. The number of nitrogens with zero attached hydrogens (tertiary/aromatic N) is 2. The lowest BCUT2D eigenvalue weighted by molar-refractivity contribution is -0.132. The van der Waals surface area contributed by atoms with Crippen LogP contribution in [-0.4, -0.2) is 28.4 Å². The number of fused-ring (bicyclic) bond motifs is 1. The fraction of sp³-hybridized carbons (Fsp3) is 0.148. The van der Waals surface area contributed by atoms with Gasteiger partial charge in [0.05, 0.1) is 28.4 Å². The van der Waals surface area contributed by atoms with Crippen LogP contribution < -0.4 is 9.64 Å². The molecule has 6 nitrogen and oxygen atoms in total. The Kier molecular flexibility index (Phi) is 5.82. The highest BCUT2D eigenvalue weighted by molar-refractivity contribution is 7.22. The van der Waals surface area contributed by atoms with E-state index >= 15 is 0 Å². The number of aliphatic hydroxyl groups excluding tert-OH is 1. The van der Waals surface area contributed by atoms with Gasteiger partial charge < -0.3 is 9.84 Å². The first-order valence-corrected chi connectivity index (χ1v) is 11.9. The molecule has 5 rings (SSSR count). The van der Waals surface area contributed by atoms with Gasteiger partial charge in [-0.25, -0.2) is 9.37 Å². The maximum absolute atomic E-state index is 13.8. The van der Waals surface area contributed by atoms with Crippen LogP contribution in [0, 0.1) is 12.7 Å². The smallest absolute Gasteiger partial charge is 0.301 e. The Balaban J connectivity index is 1.68. The topological polar surface area (TPSA) is 79.7 Å². The van der Waals surface area contributed by atoms with E-state index in [1.807, 2.05) is 38.1 Å². The highest BCUT2D eigenvalue weighted by atomic mass is 32.1. The summed E-state index contributed by atoms with van der Waals surface area (Å²) < 4.78 is 19.8. The van der Waals surface area contributed by atoms with E-state index in [1.165, 1.54) is 23.1 Å². The van der Waals surface area contributed by atoms with E-state index in [0.717, 1.165) is 16.9 Å². The third-order valence-corrected chi connectivity index (χ3v) is 6.84. The molecule has 1 aliphatic heterocycles. The Morgan fingerprint density at radius 2 is 1.80 bits per heavy atom. The predicted octanol–water partition coefficient (Wildman–Crippen LogP) is 5.77. The van der Waals surface area contributed by atoms with Crippen molar-refractivity contribution in [3.63, 3.8) is 0 Å². The first-order valence-electron chi connectivity index (χ1n) is 11.0. The van der Waals surface area contributed by atoms with E-state index in [4.69, 9.17) is 4.74 Å². The molecule has 1 N–H and O–H groups in total. The molecule has 0 spiro atoms. The summed E-state index contributed by atoms with van der Waals surface area (Å²) in [5.41, 5.74) is 2.52. The molecule has 0 saturated carbocycles. The van der Waals surface area contributed by atoms with Crippen LogP contribution in [0.5, 0.6) is 5.75 Å². The number of aryl methyl sites for hydroxylation is 1. The molecular weight excluding hydrogens is 467 g/mol. The zero-order valence-electron chi connectivity index (χ0n) is 19.0. The minimum Gasteiger partial charge on any atom is -0.507 e. The van der Waals surface area contributed by atoms with Crippen molar-refractivity contribution in [2.45, 2.75) is 19.9 Å². The third-order valence-electron chi connectivity index (χ3n) is 5.82. The number of Topliss-reactive ketones (excluding diaryl/α,β-unsaturated/α-hetero) is 1. The van der Waals surface area contributed by atoms with Gasteiger partial charge in [-0.05, 0) is 61.9 Å². The second kappa shape index (κ2) is 8.96. The molecule has 0 aliphatic carbocycles. The van der Waals surface area contributed by atoms with Crippen LogP contribution in [0.1, 0.15) is 29.7 Å². The van der Waals surface area contributed by atoms with Crippen molar-refractivity contribution in [2.24, 2.45) is 0 Å². The van der Waals surface area contributed by atoms with Crippen molar-refractivity contribution < 1.29 is 23.8 Å². The van der Waals surface area contributed by atoms with Crippen molar-refractivity contribution in [1.82, 2.24) is 4.98 Å². The van der Waals surface area contributed by atoms with E-state index in [0.29, 0.717) is 33.7 Å². The van der Waals surface area contributed by atoms with Gasteiger partial charge in [0.1, 0.15) is 17.3 Å². The van der Waals surface area contributed by atoms with Crippen molar-refractivity contribution in [3.05, 3.63) is 94.8 Å². The number of hydrogen-bond donors (Lipinski definition) is 1. The molecule has 1 fully saturated rings. The molecule has 176 valence electrons. The summed E-state index contributed by atoms with van der Waals surface area (Å²) in [6, 6.07) is 17.3. The van der Waals surface area contributed by atoms with Crippen molar-refractivity contribution in [2.75, 3.05) is 11.5 Å². The number of aliphatic hydroxyl groups is 1.